The van der Waals surface area contributed by atoms with Crippen LogP contribution >= 0.6 is 0 Å². The van der Waals surface area contributed by atoms with Gasteiger partial charge in [0.15, 0.2) is 0 Å². The second-order valence-corrected chi connectivity index (χ2v) is 8.92. The summed E-state index contributed by atoms with van der Waals surface area (Å²) in [7, 11) is 0. The van der Waals surface area contributed by atoms with Gasteiger partial charge in [-0.3, -0.25) is 0 Å². The molecule has 3 N–H and O–H groups in total. The number of fused-ring (bicyclic) bond motifs is 5. The maximum atomic E-state index is 10.9. The molecule has 0 aliphatic heterocycles. The van der Waals surface area contributed by atoms with Gasteiger partial charge in [0.2, 0.25) is 0 Å². The monoisotopic (exact) mass is 306 g/mol. The van der Waals surface area contributed by atoms with Crippen LogP contribution in [0.1, 0.15) is 58.8 Å². The van der Waals surface area contributed by atoms with Crippen molar-refractivity contribution in [1.82, 2.24) is 0 Å². The van der Waals surface area contributed by atoms with Crippen molar-refractivity contribution >= 4 is 0 Å². The van der Waals surface area contributed by atoms with Crippen molar-refractivity contribution < 1.29 is 15.3 Å². The van der Waals surface area contributed by atoms with Crippen molar-refractivity contribution in [2.24, 2.45) is 28.6 Å². The molecule has 0 aromatic heterocycles. The lowest BCUT2D eigenvalue weighted by molar-refractivity contribution is -0.105. The minimum Gasteiger partial charge on any atom is -0.393 e. The first-order valence-corrected chi connectivity index (χ1v) is 9.11. The first-order valence-electron chi connectivity index (χ1n) is 9.11. The second kappa shape index (κ2) is 4.81. The van der Waals surface area contributed by atoms with E-state index in [1.807, 2.05) is 0 Å². The van der Waals surface area contributed by atoms with E-state index in [2.05, 4.69) is 19.9 Å². The van der Waals surface area contributed by atoms with Crippen molar-refractivity contribution in [2.45, 2.75) is 77.1 Å². The van der Waals surface area contributed by atoms with Crippen molar-refractivity contribution in [3.63, 3.8) is 0 Å². The molecule has 124 valence electrons. The highest BCUT2D eigenvalue weighted by atomic mass is 16.3. The van der Waals surface area contributed by atoms with E-state index in [-0.39, 0.29) is 23.0 Å². The maximum absolute atomic E-state index is 10.9. The smallest absolute Gasteiger partial charge is 0.0757 e. The molecule has 4 rings (SSSR count). The van der Waals surface area contributed by atoms with Gasteiger partial charge in [0.1, 0.15) is 0 Å². The Labute approximate surface area is 133 Å². The Kier molecular flexibility index (Phi) is 3.32. The molecule has 8 atom stereocenters. The lowest BCUT2D eigenvalue weighted by atomic mass is 9.47. The highest BCUT2D eigenvalue weighted by Crippen LogP contribution is 2.64. The van der Waals surface area contributed by atoms with Crippen LogP contribution in [0.25, 0.3) is 0 Å². The normalized spacial score (nSPS) is 57.6. The summed E-state index contributed by atoms with van der Waals surface area (Å²) in [6.45, 7) is 4.60. The van der Waals surface area contributed by atoms with Crippen LogP contribution in [0.4, 0.5) is 0 Å². The highest BCUT2D eigenvalue weighted by molar-refractivity contribution is 5.27. The van der Waals surface area contributed by atoms with Gasteiger partial charge in [-0.05, 0) is 73.5 Å². The summed E-state index contributed by atoms with van der Waals surface area (Å²) in [4.78, 5) is 0. The first-order chi connectivity index (χ1) is 10.4. The molecule has 0 heterocycles. The number of hydrogen-bond acceptors (Lipinski definition) is 3. The van der Waals surface area contributed by atoms with Gasteiger partial charge >= 0.3 is 0 Å². The second-order valence-electron chi connectivity index (χ2n) is 8.92. The summed E-state index contributed by atoms with van der Waals surface area (Å²) in [5.41, 5.74) is 1.44. The highest BCUT2D eigenvalue weighted by Gasteiger charge is 2.60. The molecule has 0 bridgehead atoms. The van der Waals surface area contributed by atoms with E-state index >= 15 is 0 Å². The molecular formula is C19H30O3. The molecule has 0 amide bonds. The zero-order valence-corrected chi connectivity index (χ0v) is 13.8. The summed E-state index contributed by atoms with van der Waals surface area (Å²) >= 11 is 0. The maximum Gasteiger partial charge on any atom is 0.0757 e. The topological polar surface area (TPSA) is 60.7 Å². The van der Waals surface area contributed by atoms with Crippen LogP contribution in [-0.2, 0) is 0 Å². The van der Waals surface area contributed by atoms with Gasteiger partial charge < -0.3 is 15.3 Å². The van der Waals surface area contributed by atoms with E-state index in [0.29, 0.717) is 17.8 Å². The quantitative estimate of drug-likeness (QED) is 0.603. The Morgan fingerprint density at radius 1 is 0.955 bits per heavy atom. The molecule has 0 saturated heterocycles. The van der Waals surface area contributed by atoms with Gasteiger partial charge in [0.05, 0.1) is 18.3 Å². The SMILES string of the molecule is C[C@]12CC[C@H]3[C@@H](C(O)C=C4C[C@@H](O)CC[C@@]43C)[C@@H]1CC[C@@H]2O. The Bertz CT molecular complexity index is 501. The van der Waals surface area contributed by atoms with Crippen LogP contribution in [0, 0.1) is 28.6 Å². The zero-order valence-electron chi connectivity index (χ0n) is 13.8. The molecule has 4 aliphatic rings. The predicted octanol–water partition coefficient (Wildman–Crippen LogP) is 2.64. The molecule has 3 fully saturated rings. The molecule has 3 heteroatoms. The van der Waals surface area contributed by atoms with Crippen LogP contribution in [0.2, 0.25) is 0 Å². The van der Waals surface area contributed by atoms with Gasteiger partial charge in [-0.25, -0.2) is 0 Å². The summed E-state index contributed by atoms with van der Waals surface area (Å²) in [5.74, 6) is 1.25. The lowest BCUT2D eigenvalue weighted by Gasteiger charge is -2.58. The van der Waals surface area contributed by atoms with E-state index in [1.165, 1.54) is 5.57 Å². The fraction of sp³-hybridized carbons (Fsp3) is 0.895. The summed E-state index contributed by atoms with van der Waals surface area (Å²) in [5, 5.41) is 31.3. The summed E-state index contributed by atoms with van der Waals surface area (Å²) < 4.78 is 0. The van der Waals surface area contributed by atoms with Crippen molar-refractivity contribution in [2.75, 3.05) is 0 Å². The van der Waals surface area contributed by atoms with E-state index in [9.17, 15) is 15.3 Å². The van der Waals surface area contributed by atoms with E-state index < -0.39 is 6.10 Å². The fourth-order valence-corrected chi connectivity index (χ4v) is 6.60. The van der Waals surface area contributed by atoms with Gasteiger partial charge in [-0.1, -0.05) is 25.5 Å². The van der Waals surface area contributed by atoms with Crippen LogP contribution < -0.4 is 0 Å². The van der Waals surface area contributed by atoms with Crippen molar-refractivity contribution in [3.05, 3.63) is 11.6 Å². The van der Waals surface area contributed by atoms with E-state index in [1.54, 1.807) is 0 Å². The standard InChI is InChI=1S/C19H30O3/c1-18-7-5-12(20)9-11(18)10-15(21)17-13-3-4-16(22)19(13,2)8-6-14(17)18/h10,12-17,20-22H,3-9H2,1-2H3/t12-,13-,14-,15?,16-,17-,18-,19-/m0/s1. The Morgan fingerprint density at radius 2 is 1.73 bits per heavy atom. The molecule has 3 saturated carbocycles. The third-order valence-electron chi connectivity index (χ3n) is 8.05. The molecule has 22 heavy (non-hydrogen) atoms. The molecule has 3 nitrogen and oxygen atoms in total. The summed E-state index contributed by atoms with van der Waals surface area (Å²) in [6, 6.07) is 0. The van der Waals surface area contributed by atoms with Gasteiger partial charge in [0, 0.05) is 0 Å². The third kappa shape index (κ3) is 1.85. The van der Waals surface area contributed by atoms with Crippen LogP contribution in [0.15, 0.2) is 11.6 Å². The molecule has 0 radical (unpaired) electrons. The Hall–Kier alpha value is -0.380. The number of aliphatic hydroxyl groups excluding tert-OH is 3. The summed E-state index contributed by atoms with van der Waals surface area (Å²) in [6.07, 6.45) is 8.05. The van der Waals surface area contributed by atoms with Crippen LogP contribution in [0.3, 0.4) is 0 Å². The molecule has 0 spiro atoms. The average molecular weight is 306 g/mol. The largest absolute Gasteiger partial charge is 0.393 e. The molecule has 0 aromatic rings. The molecular weight excluding hydrogens is 276 g/mol. The minimum absolute atomic E-state index is 0.00195. The van der Waals surface area contributed by atoms with Crippen LogP contribution in [-0.4, -0.2) is 33.6 Å². The zero-order chi connectivity index (χ0) is 15.7. The fourth-order valence-electron chi connectivity index (χ4n) is 6.60. The van der Waals surface area contributed by atoms with Gasteiger partial charge in [-0.15, -0.1) is 0 Å². The Balaban J connectivity index is 1.73. The predicted molar refractivity (Wildman–Crippen MR) is 85.1 cm³/mol. The van der Waals surface area contributed by atoms with Crippen molar-refractivity contribution in [1.29, 1.82) is 0 Å². The lowest BCUT2D eigenvalue weighted by Crippen LogP contribution is -2.55. The van der Waals surface area contributed by atoms with E-state index in [4.69, 9.17) is 0 Å². The van der Waals surface area contributed by atoms with E-state index in [0.717, 1.165) is 44.9 Å². The van der Waals surface area contributed by atoms with Gasteiger partial charge in [-0.2, -0.15) is 0 Å². The Morgan fingerprint density at radius 3 is 2.50 bits per heavy atom. The number of aliphatic hydroxyl groups is 3. The van der Waals surface area contributed by atoms with Crippen LogP contribution in [0.5, 0.6) is 0 Å². The third-order valence-corrected chi connectivity index (χ3v) is 8.05. The minimum atomic E-state index is -0.395. The average Bonchev–Trinajstić information content (AvgIpc) is 2.77. The van der Waals surface area contributed by atoms with Crippen molar-refractivity contribution in [3.8, 4) is 0 Å². The first kappa shape index (κ1) is 15.2. The molecule has 4 aliphatic carbocycles. The molecule has 0 aromatic carbocycles. The molecule has 1 unspecified atom stereocenters. The van der Waals surface area contributed by atoms with Gasteiger partial charge in [0.25, 0.3) is 0 Å². The number of rotatable bonds is 0. The number of hydrogen-bond donors (Lipinski definition) is 3.